The van der Waals surface area contributed by atoms with Gasteiger partial charge >= 0.3 is 0 Å². The lowest BCUT2D eigenvalue weighted by Crippen LogP contribution is -2.30. The number of benzene rings is 2. The minimum atomic E-state index is -3.73. The molecule has 2 N–H and O–H groups in total. The molecule has 0 atom stereocenters. The topological polar surface area (TPSA) is 95.6 Å². The Morgan fingerprint density at radius 3 is 2.50 bits per heavy atom. The minimum absolute atomic E-state index is 0.00774. The van der Waals surface area contributed by atoms with Crippen LogP contribution in [0.1, 0.15) is 35.2 Å². The van der Waals surface area contributed by atoms with Crippen LogP contribution < -0.4 is 10.0 Å². The highest BCUT2D eigenvalue weighted by molar-refractivity contribution is 7.89. The Morgan fingerprint density at radius 1 is 1.03 bits per heavy atom. The molecule has 30 heavy (non-hydrogen) atoms. The average molecular weight is 450 g/mol. The van der Waals surface area contributed by atoms with Crippen molar-refractivity contribution in [3.8, 4) is 0 Å². The van der Waals surface area contributed by atoms with Crippen LogP contribution in [0.3, 0.4) is 0 Å². The highest BCUT2D eigenvalue weighted by Gasteiger charge is 2.19. The molecule has 1 aliphatic rings. The van der Waals surface area contributed by atoms with E-state index in [1.807, 2.05) is 11.0 Å². The van der Waals surface area contributed by atoms with Gasteiger partial charge in [0.15, 0.2) is 0 Å². The van der Waals surface area contributed by atoms with Crippen molar-refractivity contribution in [1.82, 2.24) is 14.9 Å². The summed E-state index contributed by atoms with van der Waals surface area (Å²) in [5.74, 6) is -0.281. The quantitative estimate of drug-likeness (QED) is 0.647. The van der Waals surface area contributed by atoms with Crippen molar-refractivity contribution in [3.05, 3.63) is 64.7 Å². The van der Waals surface area contributed by atoms with Crippen LogP contribution in [0, 0.1) is 0 Å². The number of nitrogens with zero attached hydrogens (tertiary/aromatic N) is 1. The Kier molecular flexibility index (Phi) is 7.47. The third-order valence-corrected chi connectivity index (χ3v) is 6.50. The second kappa shape index (κ2) is 10.1. The molecule has 0 bridgehead atoms. The van der Waals surface area contributed by atoms with Crippen molar-refractivity contribution in [2.75, 3.05) is 19.6 Å². The number of hydrogen-bond acceptors (Lipinski definition) is 4. The van der Waals surface area contributed by atoms with Gasteiger partial charge in [-0.1, -0.05) is 29.8 Å². The second-order valence-electron chi connectivity index (χ2n) is 7.08. The lowest BCUT2D eigenvalue weighted by atomic mass is 10.1. The van der Waals surface area contributed by atoms with Crippen LogP contribution in [-0.4, -0.2) is 44.8 Å². The summed E-state index contributed by atoms with van der Waals surface area (Å²) >= 11 is 5.82. The molecule has 1 saturated heterocycles. The summed E-state index contributed by atoms with van der Waals surface area (Å²) in [5.41, 5.74) is 1.42. The molecular formula is C21H24ClN3O4S. The zero-order valence-corrected chi connectivity index (χ0v) is 18.0. The van der Waals surface area contributed by atoms with E-state index in [1.165, 1.54) is 12.1 Å². The lowest BCUT2D eigenvalue weighted by molar-refractivity contribution is -0.121. The first-order valence-corrected chi connectivity index (χ1v) is 11.6. The molecule has 3 rings (SSSR count). The number of carbonyl (C=O) groups excluding carboxylic acids is 2. The first-order chi connectivity index (χ1) is 14.3. The summed E-state index contributed by atoms with van der Waals surface area (Å²) in [6, 6.07) is 13.1. The van der Waals surface area contributed by atoms with E-state index in [1.54, 1.807) is 30.3 Å². The smallest absolute Gasteiger partial charge is 0.253 e. The zero-order valence-electron chi connectivity index (χ0n) is 16.4. The highest BCUT2D eigenvalue weighted by Crippen LogP contribution is 2.15. The molecule has 2 amide bonds. The van der Waals surface area contributed by atoms with Gasteiger partial charge in [-0.3, -0.25) is 9.59 Å². The number of nitrogens with one attached hydrogen (secondary N) is 2. The van der Waals surface area contributed by atoms with Crippen LogP contribution in [-0.2, 0) is 21.4 Å². The average Bonchev–Trinajstić information content (AvgIpc) is 3.27. The summed E-state index contributed by atoms with van der Waals surface area (Å²) in [6.45, 7) is 1.80. The Hall–Kier alpha value is -2.42. The van der Waals surface area contributed by atoms with Gasteiger partial charge in [-0.2, -0.15) is 0 Å². The fourth-order valence-corrected chi connectivity index (χ4v) is 4.55. The molecule has 1 fully saturated rings. The predicted molar refractivity (Wildman–Crippen MR) is 115 cm³/mol. The third kappa shape index (κ3) is 6.04. The number of hydrogen-bond donors (Lipinski definition) is 2. The molecule has 160 valence electrons. The van der Waals surface area contributed by atoms with Crippen molar-refractivity contribution in [2.45, 2.75) is 30.7 Å². The fraction of sp³-hybridized carbons (Fsp3) is 0.333. The molecule has 2 aromatic rings. The largest absolute Gasteiger partial charge is 0.352 e. The molecule has 0 aromatic heterocycles. The Balaban J connectivity index is 1.47. The van der Waals surface area contributed by atoms with E-state index in [0.29, 0.717) is 10.6 Å². The molecule has 2 aromatic carbocycles. The van der Waals surface area contributed by atoms with Crippen LogP contribution in [0.15, 0.2) is 53.4 Å². The lowest BCUT2D eigenvalue weighted by Gasteiger charge is -2.15. The fourth-order valence-electron chi connectivity index (χ4n) is 3.22. The Bertz CT molecular complexity index is 1020. The SMILES string of the molecule is O=C(CCNS(=O)(=O)c1cccc(Cl)c1)NCc1cccc(C(=O)N2CCCC2)c1. The van der Waals surface area contributed by atoms with Crippen molar-refractivity contribution < 1.29 is 18.0 Å². The predicted octanol–water partition coefficient (Wildman–Crippen LogP) is 2.56. The van der Waals surface area contributed by atoms with Gasteiger partial charge in [-0.05, 0) is 48.7 Å². The van der Waals surface area contributed by atoms with E-state index in [4.69, 9.17) is 11.6 Å². The van der Waals surface area contributed by atoms with Crippen LogP contribution in [0.25, 0.3) is 0 Å². The van der Waals surface area contributed by atoms with Crippen molar-refractivity contribution in [3.63, 3.8) is 0 Å². The molecular weight excluding hydrogens is 426 g/mol. The number of carbonyl (C=O) groups is 2. The van der Waals surface area contributed by atoms with Gasteiger partial charge in [-0.15, -0.1) is 0 Å². The van der Waals surface area contributed by atoms with E-state index in [0.717, 1.165) is 31.5 Å². The van der Waals surface area contributed by atoms with E-state index in [9.17, 15) is 18.0 Å². The number of halogens is 1. The van der Waals surface area contributed by atoms with E-state index in [-0.39, 0.29) is 36.2 Å². The maximum Gasteiger partial charge on any atom is 0.253 e. The van der Waals surface area contributed by atoms with Crippen molar-refractivity contribution >= 4 is 33.4 Å². The normalized spacial score (nSPS) is 14.0. The molecule has 9 heteroatoms. The molecule has 0 aliphatic carbocycles. The minimum Gasteiger partial charge on any atom is -0.352 e. The van der Waals surface area contributed by atoms with E-state index < -0.39 is 10.0 Å². The third-order valence-electron chi connectivity index (χ3n) is 4.81. The molecule has 1 heterocycles. The van der Waals surface area contributed by atoms with Gasteiger partial charge in [0.1, 0.15) is 0 Å². The molecule has 1 aliphatic heterocycles. The number of rotatable bonds is 8. The molecule has 7 nitrogen and oxygen atoms in total. The van der Waals surface area contributed by atoms with Crippen LogP contribution in [0.5, 0.6) is 0 Å². The van der Waals surface area contributed by atoms with Gasteiger partial charge in [0, 0.05) is 43.2 Å². The van der Waals surface area contributed by atoms with Gasteiger partial charge in [0.25, 0.3) is 5.91 Å². The van der Waals surface area contributed by atoms with E-state index >= 15 is 0 Å². The van der Waals surface area contributed by atoms with Crippen LogP contribution >= 0.6 is 11.6 Å². The maximum absolute atomic E-state index is 12.5. The maximum atomic E-state index is 12.5. The number of sulfonamides is 1. The van der Waals surface area contributed by atoms with Crippen LogP contribution in [0.2, 0.25) is 5.02 Å². The van der Waals surface area contributed by atoms with Crippen LogP contribution in [0.4, 0.5) is 0 Å². The van der Waals surface area contributed by atoms with Gasteiger partial charge in [0.05, 0.1) is 4.90 Å². The monoisotopic (exact) mass is 449 g/mol. The first-order valence-electron chi connectivity index (χ1n) is 9.75. The number of amides is 2. The van der Waals surface area contributed by atoms with Crippen molar-refractivity contribution in [2.24, 2.45) is 0 Å². The standard InChI is InChI=1S/C21H24ClN3O4S/c22-18-7-4-8-19(14-18)30(28,29)24-10-9-20(26)23-15-16-5-3-6-17(13-16)21(27)25-11-1-2-12-25/h3-8,13-14,24H,1-2,9-12,15H2,(H,23,26). The molecule has 0 unspecified atom stereocenters. The highest BCUT2D eigenvalue weighted by atomic mass is 35.5. The Labute approximate surface area is 181 Å². The molecule has 0 radical (unpaired) electrons. The van der Waals surface area contributed by atoms with Crippen molar-refractivity contribution in [1.29, 1.82) is 0 Å². The summed E-state index contributed by atoms with van der Waals surface area (Å²) in [4.78, 5) is 26.4. The summed E-state index contributed by atoms with van der Waals surface area (Å²) in [6.07, 6.45) is 2.05. The van der Waals surface area contributed by atoms with E-state index in [2.05, 4.69) is 10.0 Å². The Morgan fingerprint density at radius 2 is 1.77 bits per heavy atom. The van der Waals surface area contributed by atoms with Gasteiger partial charge in [0.2, 0.25) is 15.9 Å². The zero-order chi connectivity index (χ0) is 21.6. The second-order valence-corrected chi connectivity index (χ2v) is 9.28. The summed E-state index contributed by atoms with van der Waals surface area (Å²) < 4.78 is 26.8. The summed E-state index contributed by atoms with van der Waals surface area (Å²) in [7, 11) is -3.73. The van der Waals surface area contributed by atoms with Gasteiger partial charge < -0.3 is 10.2 Å². The first kappa shape index (κ1) is 22.3. The summed E-state index contributed by atoms with van der Waals surface area (Å²) in [5, 5.41) is 3.07. The molecule has 0 saturated carbocycles. The molecule has 0 spiro atoms. The van der Waals surface area contributed by atoms with Gasteiger partial charge in [-0.25, -0.2) is 13.1 Å². The number of likely N-dealkylation sites (tertiary alicyclic amines) is 1.